The van der Waals surface area contributed by atoms with Gasteiger partial charge in [0.15, 0.2) is 0 Å². The van der Waals surface area contributed by atoms with Crippen molar-refractivity contribution >= 4 is 29.0 Å². The van der Waals surface area contributed by atoms with E-state index < -0.39 is 4.92 Å². The Morgan fingerprint density at radius 2 is 2.09 bits per heavy atom. The molecule has 1 aromatic rings. The van der Waals surface area contributed by atoms with Crippen LogP contribution in [0, 0.1) is 10.1 Å². The van der Waals surface area contributed by atoms with Crippen molar-refractivity contribution in [1.82, 2.24) is 4.98 Å². The Balaban J connectivity index is 3.19. The predicted molar refractivity (Wildman–Crippen MR) is 40.9 cm³/mol. The van der Waals surface area contributed by atoms with Gasteiger partial charge in [0, 0.05) is 6.07 Å². The topological polar surface area (TPSA) is 56.0 Å². The van der Waals surface area contributed by atoms with Crippen LogP contribution in [0.15, 0.2) is 12.1 Å². The van der Waals surface area contributed by atoms with Crippen molar-refractivity contribution in [2.75, 3.05) is 0 Å². The van der Waals surface area contributed by atoms with E-state index in [0.717, 1.165) is 6.07 Å². The Hall–Kier alpha value is -0.870. The molecule has 0 spiro atoms. The van der Waals surface area contributed by atoms with E-state index in [2.05, 4.69) is 4.98 Å². The predicted octanol–water partition coefficient (Wildman–Crippen LogP) is 2.30. The Labute approximate surface area is 71.9 Å². The maximum absolute atomic E-state index is 10.1. The molecule has 0 aromatic carbocycles. The standard InChI is InChI=1S/C5H2Cl2N2O2/c6-3-1-4(7)8-5(2-3)9(10)11/h1-2H. The second kappa shape index (κ2) is 3.02. The van der Waals surface area contributed by atoms with Crippen LogP contribution in [-0.4, -0.2) is 9.91 Å². The first-order valence-electron chi connectivity index (χ1n) is 2.57. The number of nitrogens with zero attached hydrogens (tertiary/aromatic N) is 2. The lowest BCUT2D eigenvalue weighted by Crippen LogP contribution is -1.91. The molecular weight excluding hydrogens is 191 g/mol. The summed E-state index contributed by atoms with van der Waals surface area (Å²) in [6.07, 6.45) is 0. The third-order valence-corrected chi connectivity index (χ3v) is 1.34. The second-order valence-electron chi connectivity index (χ2n) is 1.72. The van der Waals surface area contributed by atoms with Gasteiger partial charge in [-0.15, -0.1) is 0 Å². The number of aromatic nitrogens is 1. The molecule has 58 valence electrons. The van der Waals surface area contributed by atoms with E-state index in [1.54, 1.807) is 0 Å². The highest BCUT2D eigenvalue weighted by Crippen LogP contribution is 2.19. The molecule has 11 heavy (non-hydrogen) atoms. The van der Waals surface area contributed by atoms with E-state index in [1.807, 2.05) is 0 Å². The number of halogens is 2. The molecule has 0 radical (unpaired) electrons. The smallest absolute Gasteiger partial charge is 0.358 e. The van der Waals surface area contributed by atoms with Gasteiger partial charge in [-0.05, 0) is 21.5 Å². The van der Waals surface area contributed by atoms with Crippen molar-refractivity contribution in [1.29, 1.82) is 0 Å². The number of hydrogen-bond donors (Lipinski definition) is 0. The zero-order chi connectivity index (χ0) is 8.43. The van der Waals surface area contributed by atoms with Crippen molar-refractivity contribution in [3.63, 3.8) is 0 Å². The normalized spacial score (nSPS) is 9.64. The van der Waals surface area contributed by atoms with Gasteiger partial charge in [0.1, 0.15) is 0 Å². The first-order chi connectivity index (χ1) is 5.09. The fraction of sp³-hybridized carbons (Fsp3) is 0. The summed E-state index contributed by atoms with van der Waals surface area (Å²) >= 11 is 10.9. The minimum absolute atomic E-state index is 0.0178. The highest BCUT2D eigenvalue weighted by Gasteiger charge is 2.09. The van der Waals surface area contributed by atoms with Gasteiger partial charge in [-0.1, -0.05) is 11.6 Å². The number of hydrogen-bond acceptors (Lipinski definition) is 3. The molecule has 0 bridgehead atoms. The lowest BCUT2D eigenvalue weighted by atomic mass is 10.5. The lowest BCUT2D eigenvalue weighted by Gasteiger charge is -1.91. The van der Waals surface area contributed by atoms with Crippen LogP contribution in [0.3, 0.4) is 0 Å². The molecule has 1 heterocycles. The zero-order valence-corrected chi connectivity index (χ0v) is 6.63. The van der Waals surface area contributed by atoms with Gasteiger partial charge in [-0.2, -0.15) is 0 Å². The molecular formula is C5H2Cl2N2O2. The van der Waals surface area contributed by atoms with Crippen molar-refractivity contribution in [3.8, 4) is 0 Å². The zero-order valence-electron chi connectivity index (χ0n) is 5.12. The third kappa shape index (κ3) is 2.03. The molecule has 0 unspecified atom stereocenters. The van der Waals surface area contributed by atoms with E-state index in [9.17, 15) is 10.1 Å². The average Bonchev–Trinajstić information content (AvgIpc) is 1.85. The van der Waals surface area contributed by atoms with Crippen LogP contribution >= 0.6 is 23.2 Å². The summed E-state index contributed by atoms with van der Waals surface area (Å²) in [6.45, 7) is 0. The molecule has 1 aromatic heterocycles. The largest absolute Gasteiger partial charge is 0.366 e. The van der Waals surface area contributed by atoms with E-state index in [4.69, 9.17) is 23.2 Å². The average molecular weight is 193 g/mol. The first kappa shape index (κ1) is 8.23. The summed E-state index contributed by atoms with van der Waals surface area (Å²) in [4.78, 5) is 12.9. The highest BCUT2D eigenvalue weighted by molar-refractivity contribution is 6.34. The Kier molecular flexibility index (Phi) is 2.26. The molecule has 0 saturated carbocycles. The van der Waals surface area contributed by atoms with E-state index in [-0.39, 0.29) is 16.0 Å². The third-order valence-electron chi connectivity index (χ3n) is 0.932. The Bertz CT molecular complexity index is 282. The number of nitro groups is 1. The van der Waals surface area contributed by atoms with Crippen molar-refractivity contribution < 1.29 is 4.92 Å². The van der Waals surface area contributed by atoms with Crippen LogP contribution in [-0.2, 0) is 0 Å². The summed E-state index contributed by atoms with van der Waals surface area (Å²) in [6, 6.07) is 2.46. The van der Waals surface area contributed by atoms with Crippen LogP contribution < -0.4 is 0 Å². The van der Waals surface area contributed by atoms with Crippen molar-refractivity contribution in [2.24, 2.45) is 0 Å². The number of rotatable bonds is 1. The fourth-order valence-corrected chi connectivity index (χ4v) is 1.01. The SMILES string of the molecule is O=[N+]([O-])c1cc(Cl)cc(Cl)n1. The molecule has 0 N–H and O–H groups in total. The van der Waals surface area contributed by atoms with Gasteiger partial charge in [-0.3, -0.25) is 0 Å². The molecule has 0 aliphatic rings. The van der Waals surface area contributed by atoms with Crippen molar-refractivity contribution in [2.45, 2.75) is 0 Å². The lowest BCUT2D eigenvalue weighted by molar-refractivity contribution is -0.389. The van der Waals surface area contributed by atoms with Crippen LogP contribution in [0.1, 0.15) is 0 Å². The molecule has 0 amide bonds. The fourth-order valence-electron chi connectivity index (χ4n) is 0.546. The minimum atomic E-state index is -0.655. The summed E-state index contributed by atoms with van der Waals surface area (Å²) in [5, 5.41) is 10.4. The van der Waals surface area contributed by atoms with E-state index in [1.165, 1.54) is 6.07 Å². The maximum atomic E-state index is 10.1. The van der Waals surface area contributed by atoms with Crippen molar-refractivity contribution in [3.05, 3.63) is 32.4 Å². The minimum Gasteiger partial charge on any atom is -0.358 e. The molecule has 4 nitrogen and oxygen atoms in total. The van der Waals surface area contributed by atoms with Crippen LogP contribution in [0.4, 0.5) is 5.82 Å². The molecule has 1 rings (SSSR count). The number of pyridine rings is 1. The van der Waals surface area contributed by atoms with Gasteiger partial charge in [0.25, 0.3) is 0 Å². The quantitative estimate of drug-likeness (QED) is 0.390. The van der Waals surface area contributed by atoms with Gasteiger partial charge in [-0.25, -0.2) is 0 Å². The maximum Gasteiger partial charge on any atom is 0.366 e. The van der Waals surface area contributed by atoms with Gasteiger partial charge in [0.05, 0.1) is 11.1 Å². The summed E-state index contributed by atoms with van der Waals surface area (Å²) in [7, 11) is 0. The highest BCUT2D eigenvalue weighted by atomic mass is 35.5. The van der Waals surface area contributed by atoms with E-state index >= 15 is 0 Å². The molecule has 6 heteroatoms. The second-order valence-corrected chi connectivity index (χ2v) is 2.55. The Morgan fingerprint density at radius 1 is 1.45 bits per heavy atom. The molecule has 0 fully saturated rings. The molecule has 0 aliphatic carbocycles. The molecule has 0 atom stereocenters. The monoisotopic (exact) mass is 192 g/mol. The summed E-state index contributed by atoms with van der Waals surface area (Å²) in [5.74, 6) is -0.345. The van der Waals surface area contributed by atoms with Crippen LogP contribution in [0.2, 0.25) is 10.2 Å². The van der Waals surface area contributed by atoms with Crippen LogP contribution in [0.5, 0.6) is 0 Å². The Morgan fingerprint density at radius 3 is 2.55 bits per heavy atom. The first-order valence-corrected chi connectivity index (χ1v) is 3.32. The van der Waals surface area contributed by atoms with Gasteiger partial charge in [0.2, 0.25) is 5.15 Å². The van der Waals surface area contributed by atoms with Gasteiger partial charge < -0.3 is 10.1 Å². The van der Waals surface area contributed by atoms with Crippen LogP contribution in [0.25, 0.3) is 0 Å². The van der Waals surface area contributed by atoms with E-state index in [0.29, 0.717) is 0 Å². The molecule has 0 aliphatic heterocycles. The molecule has 0 saturated heterocycles. The van der Waals surface area contributed by atoms with Gasteiger partial charge >= 0.3 is 5.82 Å². The summed E-state index contributed by atoms with van der Waals surface area (Å²) in [5.41, 5.74) is 0. The summed E-state index contributed by atoms with van der Waals surface area (Å²) < 4.78 is 0.